The van der Waals surface area contributed by atoms with Gasteiger partial charge in [-0.2, -0.15) is 0 Å². The van der Waals surface area contributed by atoms with Gasteiger partial charge in [-0.05, 0) is 48.7 Å². The number of aromatic nitrogens is 2. The fourth-order valence-electron chi connectivity index (χ4n) is 2.68. The molecule has 0 radical (unpaired) electrons. The molecule has 0 spiro atoms. The van der Waals surface area contributed by atoms with Crippen LogP contribution in [-0.4, -0.2) is 9.55 Å². The standard InChI is InChI=1S/C18H15N3S/c1-12-19-15-11-14(8-9-17(15)22-12)20-18-10-7-13-5-3-4-6-16(13)21(18)2/h3-11H,1-2H3. The van der Waals surface area contributed by atoms with Gasteiger partial charge in [0, 0.05) is 12.6 Å². The van der Waals surface area contributed by atoms with Gasteiger partial charge in [0.2, 0.25) is 0 Å². The van der Waals surface area contributed by atoms with E-state index in [2.05, 4.69) is 58.1 Å². The molecule has 108 valence electrons. The first kappa shape index (κ1) is 13.2. The molecular weight excluding hydrogens is 290 g/mol. The smallest absolute Gasteiger partial charge is 0.133 e. The van der Waals surface area contributed by atoms with Crippen LogP contribution in [0.4, 0.5) is 5.69 Å². The number of hydrogen-bond donors (Lipinski definition) is 0. The molecule has 2 heterocycles. The summed E-state index contributed by atoms with van der Waals surface area (Å²) in [7, 11) is 2.05. The summed E-state index contributed by atoms with van der Waals surface area (Å²) in [6.07, 6.45) is 0. The first-order valence-electron chi connectivity index (χ1n) is 7.17. The molecule has 0 fully saturated rings. The topological polar surface area (TPSA) is 30.2 Å². The number of benzene rings is 2. The quantitative estimate of drug-likeness (QED) is 0.515. The second kappa shape index (κ2) is 5.07. The Hall–Kier alpha value is -2.46. The molecule has 4 heteroatoms. The number of fused-ring (bicyclic) bond motifs is 2. The predicted octanol–water partition coefficient (Wildman–Crippen LogP) is 4.33. The third-order valence-corrected chi connectivity index (χ3v) is 4.73. The summed E-state index contributed by atoms with van der Waals surface area (Å²) < 4.78 is 3.32. The van der Waals surface area contributed by atoms with Crippen molar-refractivity contribution in [3.63, 3.8) is 0 Å². The second-order valence-electron chi connectivity index (χ2n) is 5.31. The average Bonchev–Trinajstić information content (AvgIpc) is 2.90. The van der Waals surface area contributed by atoms with E-state index in [4.69, 9.17) is 4.99 Å². The van der Waals surface area contributed by atoms with E-state index in [0.717, 1.165) is 21.7 Å². The zero-order valence-electron chi connectivity index (χ0n) is 12.4. The Morgan fingerprint density at radius 1 is 1.05 bits per heavy atom. The van der Waals surface area contributed by atoms with Crippen LogP contribution in [0, 0.1) is 6.92 Å². The summed E-state index contributed by atoms with van der Waals surface area (Å²) >= 11 is 1.71. The minimum absolute atomic E-state index is 0.934. The summed E-state index contributed by atoms with van der Waals surface area (Å²) in [5.74, 6) is 0. The molecule has 0 aliphatic heterocycles. The maximum absolute atomic E-state index is 4.78. The van der Waals surface area contributed by atoms with Crippen molar-refractivity contribution in [3.8, 4) is 0 Å². The normalized spacial score (nSPS) is 12.4. The highest BCUT2D eigenvalue weighted by Gasteiger charge is 2.02. The van der Waals surface area contributed by atoms with Gasteiger partial charge in [-0.1, -0.05) is 18.2 Å². The average molecular weight is 305 g/mol. The Labute approximate surface area is 132 Å². The van der Waals surface area contributed by atoms with E-state index in [1.165, 1.54) is 15.6 Å². The van der Waals surface area contributed by atoms with E-state index in [1.54, 1.807) is 11.3 Å². The van der Waals surface area contributed by atoms with Gasteiger partial charge in [0.1, 0.15) is 5.49 Å². The van der Waals surface area contributed by atoms with Gasteiger partial charge in [0.25, 0.3) is 0 Å². The van der Waals surface area contributed by atoms with Crippen LogP contribution in [-0.2, 0) is 7.05 Å². The molecule has 3 nitrogen and oxygen atoms in total. The summed E-state index contributed by atoms with van der Waals surface area (Å²) in [6, 6.07) is 18.7. The molecule has 0 atom stereocenters. The number of para-hydroxylation sites is 1. The van der Waals surface area contributed by atoms with Crippen LogP contribution < -0.4 is 5.49 Å². The Balaban J connectivity index is 1.91. The van der Waals surface area contributed by atoms with Gasteiger partial charge >= 0.3 is 0 Å². The van der Waals surface area contributed by atoms with Gasteiger partial charge in [-0.25, -0.2) is 9.98 Å². The molecule has 0 unspecified atom stereocenters. The largest absolute Gasteiger partial charge is 0.329 e. The van der Waals surface area contributed by atoms with Crippen LogP contribution in [0.15, 0.2) is 59.6 Å². The van der Waals surface area contributed by atoms with Crippen molar-refractivity contribution in [1.82, 2.24) is 9.55 Å². The van der Waals surface area contributed by atoms with Crippen LogP contribution in [0.25, 0.3) is 21.1 Å². The summed E-state index contributed by atoms with van der Waals surface area (Å²) in [6.45, 7) is 2.03. The van der Waals surface area contributed by atoms with Gasteiger partial charge in [0.15, 0.2) is 0 Å². The number of hydrogen-bond acceptors (Lipinski definition) is 3. The molecule has 2 aromatic heterocycles. The van der Waals surface area contributed by atoms with E-state index in [-0.39, 0.29) is 0 Å². The maximum atomic E-state index is 4.78. The lowest BCUT2D eigenvalue weighted by Crippen LogP contribution is -2.16. The molecule has 0 aliphatic rings. The molecule has 22 heavy (non-hydrogen) atoms. The van der Waals surface area contributed by atoms with Gasteiger partial charge in [-0.15, -0.1) is 11.3 Å². The van der Waals surface area contributed by atoms with Crippen molar-refractivity contribution < 1.29 is 0 Å². The Morgan fingerprint density at radius 3 is 2.82 bits per heavy atom. The lowest BCUT2D eigenvalue weighted by Gasteiger charge is -2.06. The molecule has 2 aromatic carbocycles. The van der Waals surface area contributed by atoms with E-state index in [9.17, 15) is 0 Å². The fraction of sp³-hybridized carbons (Fsp3) is 0.111. The number of rotatable bonds is 1. The summed E-state index contributed by atoms with van der Waals surface area (Å²) in [4.78, 5) is 9.32. The molecule has 0 aliphatic carbocycles. The third kappa shape index (κ3) is 2.22. The highest BCUT2D eigenvalue weighted by atomic mass is 32.1. The van der Waals surface area contributed by atoms with Crippen molar-refractivity contribution in [2.75, 3.05) is 0 Å². The lowest BCUT2D eigenvalue weighted by molar-refractivity contribution is 0.877. The molecule has 0 N–H and O–H groups in total. The van der Waals surface area contributed by atoms with E-state index < -0.39 is 0 Å². The molecule has 0 saturated carbocycles. The molecule has 0 amide bonds. The van der Waals surface area contributed by atoms with Crippen LogP contribution in [0.3, 0.4) is 0 Å². The van der Waals surface area contributed by atoms with Crippen molar-refractivity contribution in [1.29, 1.82) is 0 Å². The number of aryl methyl sites for hydroxylation is 2. The minimum atomic E-state index is 0.934. The highest BCUT2D eigenvalue weighted by Crippen LogP contribution is 2.25. The van der Waals surface area contributed by atoms with Crippen LogP contribution in [0.1, 0.15) is 5.01 Å². The summed E-state index contributed by atoms with van der Waals surface area (Å²) in [5.41, 5.74) is 4.07. The Kier molecular flexibility index (Phi) is 3.05. The molecule has 0 bridgehead atoms. The van der Waals surface area contributed by atoms with E-state index in [0.29, 0.717) is 0 Å². The highest BCUT2D eigenvalue weighted by molar-refractivity contribution is 7.18. The number of pyridine rings is 1. The monoisotopic (exact) mass is 305 g/mol. The lowest BCUT2D eigenvalue weighted by atomic mass is 10.2. The van der Waals surface area contributed by atoms with Gasteiger partial charge < -0.3 is 4.57 Å². The maximum Gasteiger partial charge on any atom is 0.133 e. The number of nitrogens with zero attached hydrogens (tertiary/aromatic N) is 3. The van der Waals surface area contributed by atoms with Gasteiger partial charge in [0.05, 0.1) is 20.9 Å². The number of thiazole rings is 1. The SMILES string of the molecule is Cc1nc2cc(N=c3ccc4ccccc4n3C)ccc2s1. The molecular formula is C18H15N3S. The van der Waals surface area contributed by atoms with Crippen molar-refractivity contribution in [3.05, 3.63) is 65.1 Å². The summed E-state index contributed by atoms with van der Waals surface area (Å²) in [5, 5.41) is 2.30. The van der Waals surface area contributed by atoms with Gasteiger partial charge in [-0.3, -0.25) is 0 Å². The molecule has 4 aromatic rings. The Bertz CT molecular complexity index is 1060. The predicted molar refractivity (Wildman–Crippen MR) is 92.5 cm³/mol. The first-order valence-corrected chi connectivity index (χ1v) is 7.99. The van der Waals surface area contributed by atoms with Crippen molar-refractivity contribution in [2.45, 2.75) is 6.92 Å². The van der Waals surface area contributed by atoms with Crippen molar-refractivity contribution >= 4 is 38.1 Å². The second-order valence-corrected chi connectivity index (χ2v) is 6.54. The molecule has 0 saturated heterocycles. The Morgan fingerprint density at radius 2 is 1.91 bits per heavy atom. The molecule has 4 rings (SSSR count). The minimum Gasteiger partial charge on any atom is -0.329 e. The fourth-order valence-corrected chi connectivity index (χ4v) is 3.49. The first-order chi connectivity index (χ1) is 10.7. The van der Waals surface area contributed by atoms with Crippen molar-refractivity contribution in [2.24, 2.45) is 12.0 Å². The zero-order chi connectivity index (χ0) is 15.1. The zero-order valence-corrected chi connectivity index (χ0v) is 13.3. The van der Waals surface area contributed by atoms with Crippen LogP contribution >= 0.6 is 11.3 Å². The van der Waals surface area contributed by atoms with Crippen LogP contribution in [0.5, 0.6) is 0 Å². The van der Waals surface area contributed by atoms with Crippen LogP contribution in [0.2, 0.25) is 0 Å². The van der Waals surface area contributed by atoms with E-state index in [1.807, 2.05) is 20.0 Å². The third-order valence-electron chi connectivity index (χ3n) is 3.78. The van der Waals surface area contributed by atoms with E-state index >= 15 is 0 Å².